The number of hydrogen-bond acceptors (Lipinski definition) is 6. The zero-order chi connectivity index (χ0) is 27.1. The molecule has 1 aliphatic rings. The van der Waals surface area contributed by atoms with E-state index in [9.17, 15) is 14.4 Å². The fourth-order valence-electron chi connectivity index (χ4n) is 4.34. The molecule has 3 aromatic rings. The minimum absolute atomic E-state index is 0. The molecule has 0 N–H and O–H groups in total. The Labute approximate surface area is 234 Å². The number of carbonyl (C=O) groups is 3. The zero-order valence-electron chi connectivity index (χ0n) is 22.3. The SMILES string of the molecule is CCCCc1ncc(C=C2C(=O)N(COC)C(=O)N2Cc2ccccc2)n1Cc1ccc(C(=O)OC)cc1.Cl. The van der Waals surface area contributed by atoms with E-state index in [0.717, 1.165) is 41.1 Å². The number of methoxy groups -OCH3 is 2. The fourth-order valence-corrected chi connectivity index (χ4v) is 4.34. The summed E-state index contributed by atoms with van der Waals surface area (Å²) < 4.78 is 12.0. The molecule has 3 amide bonds. The van der Waals surface area contributed by atoms with Gasteiger partial charge < -0.3 is 14.0 Å². The Balaban J connectivity index is 0.00000420. The van der Waals surface area contributed by atoms with E-state index < -0.39 is 17.9 Å². The van der Waals surface area contributed by atoms with Crippen LogP contribution < -0.4 is 0 Å². The van der Waals surface area contributed by atoms with Crippen LogP contribution in [0.1, 0.15) is 52.8 Å². The van der Waals surface area contributed by atoms with Crippen LogP contribution in [-0.4, -0.2) is 58.2 Å². The second kappa shape index (κ2) is 13.7. The van der Waals surface area contributed by atoms with Crippen molar-refractivity contribution in [3.8, 4) is 0 Å². The van der Waals surface area contributed by atoms with Gasteiger partial charge in [-0.25, -0.2) is 19.5 Å². The summed E-state index contributed by atoms with van der Waals surface area (Å²) in [6, 6.07) is 16.3. The maximum Gasteiger partial charge on any atom is 0.337 e. The average molecular weight is 553 g/mol. The number of rotatable bonds is 11. The highest BCUT2D eigenvalue weighted by atomic mass is 35.5. The number of aromatic nitrogens is 2. The zero-order valence-corrected chi connectivity index (χ0v) is 23.1. The number of nitrogens with zero attached hydrogens (tertiary/aromatic N) is 4. The van der Waals surface area contributed by atoms with Crippen LogP contribution in [0.5, 0.6) is 0 Å². The normalized spacial score (nSPS) is 14.2. The maximum absolute atomic E-state index is 13.3. The van der Waals surface area contributed by atoms with E-state index in [0.29, 0.717) is 17.8 Å². The van der Waals surface area contributed by atoms with Crippen molar-refractivity contribution in [2.75, 3.05) is 21.0 Å². The van der Waals surface area contributed by atoms with Crippen LogP contribution in [0.25, 0.3) is 6.08 Å². The van der Waals surface area contributed by atoms with Gasteiger partial charge in [0.05, 0.1) is 31.1 Å². The van der Waals surface area contributed by atoms with Crippen LogP contribution in [0.4, 0.5) is 4.79 Å². The smallest absolute Gasteiger partial charge is 0.337 e. The van der Waals surface area contributed by atoms with Gasteiger partial charge in [0.1, 0.15) is 18.3 Å². The molecule has 0 unspecified atom stereocenters. The van der Waals surface area contributed by atoms with Crippen LogP contribution in [0.15, 0.2) is 66.5 Å². The van der Waals surface area contributed by atoms with Crippen LogP contribution in [0.2, 0.25) is 0 Å². The molecule has 0 atom stereocenters. The summed E-state index contributed by atoms with van der Waals surface area (Å²) in [4.78, 5) is 45.6. The molecule has 1 fully saturated rings. The molecule has 1 saturated heterocycles. The van der Waals surface area contributed by atoms with E-state index in [1.54, 1.807) is 24.4 Å². The summed E-state index contributed by atoms with van der Waals surface area (Å²) in [5.74, 6) is 0.0747. The number of esters is 1. The molecule has 2 aromatic carbocycles. The monoisotopic (exact) mass is 552 g/mol. The molecule has 0 spiro atoms. The number of imidazole rings is 1. The third-order valence-corrected chi connectivity index (χ3v) is 6.38. The molecule has 39 heavy (non-hydrogen) atoms. The fraction of sp³-hybridized carbons (Fsp3) is 0.310. The van der Waals surface area contributed by atoms with Gasteiger partial charge in [0.25, 0.3) is 5.91 Å². The van der Waals surface area contributed by atoms with Crippen LogP contribution in [0.3, 0.4) is 0 Å². The van der Waals surface area contributed by atoms with Crippen LogP contribution >= 0.6 is 12.4 Å². The summed E-state index contributed by atoms with van der Waals surface area (Å²) in [5.41, 5.74) is 3.31. The van der Waals surface area contributed by atoms with Gasteiger partial charge in [0.2, 0.25) is 0 Å². The van der Waals surface area contributed by atoms with Gasteiger partial charge in [-0.15, -0.1) is 12.4 Å². The van der Waals surface area contributed by atoms with Crippen molar-refractivity contribution in [2.45, 2.75) is 39.3 Å². The Morgan fingerprint density at radius 1 is 0.949 bits per heavy atom. The van der Waals surface area contributed by atoms with Gasteiger partial charge in [-0.3, -0.25) is 9.69 Å². The molecule has 1 aromatic heterocycles. The Bertz CT molecular complexity index is 1320. The summed E-state index contributed by atoms with van der Waals surface area (Å²) in [6.45, 7) is 2.73. The van der Waals surface area contributed by atoms with Gasteiger partial charge in [0.15, 0.2) is 0 Å². The molecule has 0 saturated carbocycles. The standard InChI is InChI=1S/C29H32N4O5.ClH/c1-4-5-11-26-30-17-24(31(26)18-22-12-14-23(15-13-22)28(35)38-3)16-25-27(34)33(20-37-2)29(36)32(25)19-21-9-7-6-8-10-21;/h6-10,12-17H,4-5,11,18-20H2,1-3H3;1H. The molecule has 10 heteroatoms. The number of halogens is 1. The highest BCUT2D eigenvalue weighted by molar-refractivity contribution is 6.13. The molecule has 4 rings (SSSR count). The largest absolute Gasteiger partial charge is 0.465 e. The lowest BCUT2D eigenvalue weighted by Gasteiger charge is -2.17. The van der Waals surface area contributed by atoms with E-state index in [-0.39, 0.29) is 31.4 Å². The molecular formula is C29H33ClN4O5. The predicted octanol–water partition coefficient (Wildman–Crippen LogP) is 4.89. The quantitative estimate of drug-likeness (QED) is 0.191. The molecule has 0 radical (unpaired) electrons. The van der Waals surface area contributed by atoms with E-state index in [2.05, 4.69) is 11.9 Å². The van der Waals surface area contributed by atoms with E-state index >= 15 is 0 Å². The van der Waals surface area contributed by atoms with Crippen molar-refractivity contribution in [3.05, 3.63) is 94.7 Å². The van der Waals surface area contributed by atoms with E-state index in [1.807, 2.05) is 47.0 Å². The lowest BCUT2D eigenvalue weighted by molar-refractivity contribution is -0.126. The highest BCUT2D eigenvalue weighted by Crippen LogP contribution is 2.27. The summed E-state index contributed by atoms with van der Waals surface area (Å²) >= 11 is 0. The van der Waals surface area contributed by atoms with Crippen LogP contribution in [0, 0.1) is 0 Å². The Morgan fingerprint density at radius 2 is 1.64 bits per heavy atom. The number of hydrogen-bond donors (Lipinski definition) is 0. The van der Waals surface area contributed by atoms with Crippen molar-refractivity contribution < 1.29 is 23.9 Å². The van der Waals surface area contributed by atoms with Crippen molar-refractivity contribution >= 4 is 36.4 Å². The number of unbranched alkanes of at least 4 members (excludes halogenated alkanes) is 1. The second-order valence-electron chi connectivity index (χ2n) is 9.01. The first-order valence-electron chi connectivity index (χ1n) is 12.6. The number of carbonyl (C=O) groups excluding carboxylic acids is 3. The molecule has 0 aliphatic carbocycles. The first kappa shape index (κ1) is 29.6. The lowest BCUT2D eigenvalue weighted by Crippen LogP contribution is -2.34. The number of amides is 3. The molecular weight excluding hydrogens is 520 g/mol. The van der Waals surface area contributed by atoms with Crippen molar-refractivity contribution in [2.24, 2.45) is 0 Å². The topological polar surface area (TPSA) is 94.0 Å². The molecule has 2 heterocycles. The third kappa shape index (κ3) is 6.74. The number of urea groups is 1. The Hall–Kier alpha value is -3.95. The maximum atomic E-state index is 13.3. The minimum atomic E-state index is -0.428. The molecule has 1 aliphatic heterocycles. The van der Waals surface area contributed by atoms with E-state index in [1.165, 1.54) is 19.1 Å². The number of imide groups is 1. The molecule has 0 bridgehead atoms. The Kier molecular flexibility index (Phi) is 10.4. The van der Waals surface area contributed by atoms with Crippen LogP contribution in [-0.2, 0) is 33.8 Å². The van der Waals surface area contributed by atoms with Crippen molar-refractivity contribution in [3.63, 3.8) is 0 Å². The average Bonchev–Trinajstić information content (AvgIpc) is 3.41. The number of aryl methyl sites for hydroxylation is 1. The first-order chi connectivity index (χ1) is 18.5. The summed E-state index contributed by atoms with van der Waals surface area (Å²) in [7, 11) is 2.80. The first-order valence-corrected chi connectivity index (χ1v) is 12.6. The second-order valence-corrected chi connectivity index (χ2v) is 9.01. The summed E-state index contributed by atoms with van der Waals surface area (Å²) in [6.07, 6.45) is 6.22. The van der Waals surface area contributed by atoms with Crippen molar-refractivity contribution in [1.29, 1.82) is 0 Å². The van der Waals surface area contributed by atoms with Gasteiger partial charge in [-0.2, -0.15) is 0 Å². The third-order valence-electron chi connectivity index (χ3n) is 6.38. The minimum Gasteiger partial charge on any atom is -0.465 e. The van der Waals surface area contributed by atoms with Gasteiger partial charge in [0, 0.05) is 20.1 Å². The molecule has 9 nitrogen and oxygen atoms in total. The van der Waals surface area contributed by atoms with E-state index in [4.69, 9.17) is 9.47 Å². The number of benzene rings is 2. The van der Waals surface area contributed by atoms with Gasteiger partial charge in [-0.1, -0.05) is 55.8 Å². The summed E-state index contributed by atoms with van der Waals surface area (Å²) in [5, 5.41) is 0. The Morgan fingerprint density at radius 3 is 2.28 bits per heavy atom. The lowest BCUT2D eigenvalue weighted by atomic mass is 10.1. The van der Waals surface area contributed by atoms with Gasteiger partial charge >= 0.3 is 12.0 Å². The van der Waals surface area contributed by atoms with Gasteiger partial charge in [-0.05, 0) is 35.8 Å². The highest BCUT2D eigenvalue weighted by Gasteiger charge is 2.41. The van der Waals surface area contributed by atoms with Crippen molar-refractivity contribution in [1.82, 2.24) is 19.4 Å². The number of ether oxygens (including phenoxy) is 2. The predicted molar refractivity (Wildman–Crippen MR) is 149 cm³/mol. The molecule has 206 valence electrons.